The Bertz CT molecular complexity index is 1110. The summed E-state index contributed by atoms with van der Waals surface area (Å²) in [6.07, 6.45) is -0.132. The van der Waals surface area contributed by atoms with Gasteiger partial charge < -0.3 is 10.6 Å². The zero-order valence-corrected chi connectivity index (χ0v) is 19.4. The van der Waals surface area contributed by atoms with Crippen LogP contribution in [0.15, 0.2) is 23.6 Å². The van der Waals surface area contributed by atoms with Crippen LogP contribution in [-0.4, -0.2) is 48.7 Å². The first-order valence-electron chi connectivity index (χ1n) is 8.90. The number of rotatable bonds is 5. The molecule has 1 aromatic carbocycles. The van der Waals surface area contributed by atoms with Crippen molar-refractivity contribution in [3.8, 4) is 0 Å². The molecule has 1 saturated heterocycles. The standard InChI is InChI=1S/C17H18Cl2FN5O4S2/c1-8(13-7-30-17(19)23-13)21-15(26)12-6-14(25(2)31(28,29)24-12)16(27)22-9-3-4-11(20)10(18)5-9/h3-5,7-8,12,14,24H,6H2,1-2H3,(H,21,26)(H,22,27). The highest BCUT2D eigenvalue weighted by Crippen LogP contribution is 2.24. The summed E-state index contributed by atoms with van der Waals surface area (Å²) in [7, 11) is -2.89. The average molecular weight is 510 g/mol. The molecule has 168 valence electrons. The lowest BCUT2D eigenvalue weighted by Gasteiger charge is -2.35. The molecular weight excluding hydrogens is 492 g/mol. The summed E-state index contributed by atoms with van der Waals surface area (Å²) >= 11 is 12.7. The molecule has 0 spiro atoms. The van der Waals surface area contributed by atoms with Crippen molar-refractivity contribution >= 4 is 62.2 Å². The van der Waals surface area contributed by atoms with E-state index < -0.39 is 46.0 Å². The van der Waals surface area contributed by atoms with Crippen molar-refractivity contribution in [1.29, 1.82) is 0 Å². The largest absolute Gasteiger partial charge is 0.347 e. The predicted octanol–water partition coefficient (Wildman–Crippen LogP) is 2.31. The second-order valence-corrected chi connectivity index (χ2v) is 10.4. The molecule has 3 N–H and O–H groups in total. The number of carbonyl (C=O) groups excluding carboxylic acids is 2. The molecule has 9 nitrogen and oxygen atoms in total. The van der Waals surface area contributed by atoms with Crippen LogP contribution in [0.2, 0.25) is 9.49 Å². The van der Waals surface area contributed by atoms with Crippen LogP contribution in [-0.2, 0) is 19.8 Å². The maximum Gasteiger partial charge on any atom is 0.280 e. The van der Waals surface area contributed by atoms with Gasteiger partial charge in [-0.05, 0) is 31.5 Å². The Kier molecular flexibility index (Phi) is 7.18. The third-order valence-electron chi connectivity index (χ3n) is 4.67. The third-order valence-corrected chi connectivity index (χ3v) is 7.55. The van der Waals surface area contributed by atoms with Gasteiger partial charge in [-0.15, -0.1) is 11.3 Å². The number of nitrogens with one attached hydrogen (secondary N) is 3. The molecule has 0 aliphatic carbocycles. The molecular formula is C17H18Cl2FN5O4S2. The van der Waals surface area contributed by atoms with Crippen LogP contribution >= 0.6 is 34.5 Å². The van der Waals surface area contributed by atoms with Crippen molar-refractivity contribution in [2.75, 3.05) is 12.4 Å². The first-order valence-corrected chi connectivity index (χ1v) is 12.0. The van der Waals surface area contributed by atoms with Gasteiger partial charge in [0.15, 0.2) is 4.47 Å². The normalized spacial score (nSPS) is 22.0. The highest BCUT2D eigenvalue weighted by Gasteiger charge is 2.43. The predicted molar refractivity (Wildman–Crippen MR) is 116 cm³/mol. The highest BCUT2D eigenvalue weighted by atomic mass is 35.5. The van der Waals surface area contributed by atoms with Crippen molar-refractivity contribution in [2.45, 2.75) is 31.5 Å². The number of thiazole rings is 1. The fourth-order valence-corrected chi connectivity index (χ4v) is 5.22. The van der Waals surface area contributed by atoms with Crippen molar-refractivity contribution in [3.63, 3.8) is 0 Å². The molecule has 0 radical (unpaired) electrons. The Morgan fingerprint density at radius 1 is 1.35 bits per heavy atom. The molecule has 0 bridgehead atoms. The Morgan fingerprint density at radius 3 is 2.68 bits per heavy atom. The Morgan fingerprint density at radius 2 is 2.06 bits per heavy atom. The van der Waals surface area contributed by atoms with Crippen LogP contribution in [0.5, 0.6) is 0 Å². The number of likely N-dealkylation sites (N-methyl/N-ethyl adjacent to an activating group) is 1. The molecule has 3 unspecified atom stereocenters. The summed E-state index contributed by atoms with van der Waals surface area (Å²) in [5.41, 5.74) is 0.720. The fourth-order valence-electron chi connectivity index (χ4n) is 2.93. The number of aromatic nitrogens is 1. The maximum absolute atomic E-state index is 13.3. The number of anilines is 1. The summed E-state index contributed by atoms with van der Waals surface area (Å²) in [4.78, 5) is 29.5. The molecule has 2 aromatic rings. The van der Waals surface area contributed by atoms with Crippen molar-refractivity contribution in [3.05, 3.63) is 44.6 Å². The minimum Gasteiger partial charge on any atom is -0.347 e. The SMILES string of the molecule is CC(NC(=O)C1CC(C(=O)Nc2ccc(F)c(Cl)c2)N(C)S(=O)(=O)N1)c1csc(Cl)n1. The van der Waals surface area contributed by atoms with E-state index in [0.29, 0.717) is 10.2 Å². The molecule has 2 heterocycles. The van der Waals surface area contributed by atoms with E-state index in [1.54, 1.807) is 12.3 Å². The van der Waals surface area contributed by atoms with E-state index >= 15 is 0 Å². The van der Waals surface area contributed by atoms with Crippen LogP contribution in [0, 0.1) is 5.82 Å². The van der Waals surface area contributed by atoms with Gasteiger partial charge in [0.1, 0.15) is 17.9 Å². The van der Waals surface area contributed by atoms with Crippen LogP contribution in [0.3, 0.4) is 0 Å². The maximum atomic E-state index is 13.3. The molecule has 1 aliphatic rings. The van der Waals surface area contributed by atoms with E-state index in [1.165, 1.54) is 30.5 Å². The third kappa shape index (κ3) is 5.51. The molecule has 14 heteroatoms. The molecule has 31 heavy (non-hydrogen) atoms. The molecule has 3 rings (SSSR count). The van der Waals surface area contributed by atoms with Crippen molar-refractivity contribution in [1.82, 2.24) is 19.3 Å². The quantitative estimate of drug-likeness (QED) is 0.570. The first kappa shape index (κ1) is 23.8. The van der Waals surface area contributed by atoms with Crippen molar-refractivity contribution in [2.24, 2.45) is 0 Å². The second kappa shape index (κ2) is 9.35. The zero-order chi connectivity index (χ0) is 22.9. The number of amides is 2. The lowest BCUT2D eigenvalue weighted by atomic mass is 10.1. The van der Waals surface area contributed by atoms with E-state index in [-0.39, 0.29) is 17.1 Å². The van der Waals surface area contributed by atoms with Gasteiger partial charge in [-0.25, -0.2) is 9.37 Å². The van der Waals surface area contributed by atoms with Crippen LogP contribution in [0.25, 0.3) is 0 Å². The van der Waals surface area contributed by atoms with E-state index in [9.17, 15) is 22.4 Å². The molecule has 1 aliphatic heterocycles. The van der Waals surface area contributed by atoms with E-state index in [0.717, 1.165) is 10.4 Å². The molecule has 0 saturated carbocycles. The Hall–Kier alpha value is -1.83. The van der Waals surface area contributed by atoms with Crippen LogP contribution in [0.1, 0.15) is 25.1 Å². The monoisotopic (exact) mass is 509 g/mol. The summed E-state index contributed by atoms with van der Waals surface area (Å²) in [6.45, 7) is 1.68. The summed E-state index contributed by atoms with van der Waals surface area (Å²) in [5, 5.41) is 6.64. The summed E-state index contributed by atoms with van der Waals surface area (Å²) < 4.78 is 41.7. The highest BCUT2D eigenvalue weighted by molar-refractivity contribution is 7.87. The smallest absolute Gasteiger partial charge is 0.280 e. The molecule has 2 amide bonds. The van der Waals surface area contributed by atoms with Crippen molar-refractivity contribution < 1.29 is 22.4 Å². The van der Waals surface area contributed by atoms with Gasteiger partial charge in [0.25, 0.3) is 10.2 Å². The fraction of sp³-hybridized carbons (Fsp3) is 0.353. The number of carbonyl (C=O) groups is 2. The minimum atomic E-state index is -4.11. The number of halogens is 3. The average Bonchev–Trinajstić information content (AvgIpc) is 3.13. The number of hydrogen-bond acceptors (Lipinski definition) is 6. The topological polar surface area (TPSA) is 121 Å². The first-order chi connectivity index (χ1) is 14.5. The van der Waals surface area contributed by atoms with Gasteiger partial charge >= 0.3 is 0 Å². The van der Waals surface area contributed by atoms with E-state index in [2.05, 4.69) is 20.3 Å². The Balaban J connectivity index is 1.74. The molecule has 3 atom stereocenters. The van der Waals surface area contributed by atoms with Gasteiger partial charge in [0, 0.05) is 18.1 Å². The number of benzene rings is 1. The van der Waals surface area contributed by atoms with E-state index in [4.69, 9.17) is 23.2 Å². The Labute approximate surface area is 192 Å². The summed E-state index contributed by atoms with van der Waals surface area (Å²) in [6, 6.07) is 0.673. The van der Waals surface area contributed by atoms with Gasteiger partial charge in [-0.3, -0.25) is 9.59 Å². The zero-order valence-electron chi connectivity index (χ0n) is 16.2. The van der Waals surface area contributed by atoms with Crippen LogP contribution in [0.4, 0.5) is 10.1 Å². The number of nitrogens with zero attached hydrogens (tertiary/aromatic N) is 2. The number of hydrogen-bond donors (Lipinski definition) is 3. The second-order valence-electron chi connectivity index (χ2n) is 6.82. The molecule has 1 fully saturated rings. The lowest BCUT2D eigenvalue weighted by Crippen LogP contribution is -2.62. The lowest BCUT2D eigenvalue weighted by molar-refractivity contribution is -0.125. The minimum absolute atomic E-state index is 0.132. The molecule has 1 aromatic heterocycles. The van der Waals surface area contributed by atoms with Crippen LogP contribution < -0.4 is 15.4 Å². The van der Waals surface area contributed by atoms with Gasteiger partial charge in [0.05, 0.1) is 16.8 Å². The summed E-state index contributed by atoms with van der Waals surface area (Å²) in [5.74, 6) is -1.96. The van der Waals surface area contributed by atoms with Gasteiger partial charge in [0.2, 0.25) is 11.8 Å². The van der Waals surface area contributed by atoms with E-state index in [1.807, 2.05) is 0 Å². The van der Waals surface area contributed by atoms with Gasteiger partial charge in [-0.1, -0.05) is 23.2 Å². The van der Waals surface area contributed by atoms with Gasteiger partial charge in [-0.2, -0.15) is 17.4 Å².